The smallest absolute Gasteiger partial charge is 0.162 e. The van der Waals surface area contributed by atoms with E-state index in [4.69, 9.17) is 21.2 Å². The number of rotatable bonds is 5. The molecular formula is C16H13ClN6O2. The van der Waals surface area contributed by atoms with E-state index in [2.05, 4.69) is 20.6 Å². The quantitative estimate of drug-likeness (QED) is 0.546. The Bertz CT molecular complexity index is 1030. The Morgan fingerprint density at radius 3 is 2.88 bits per heavy atom. The lowest BCUT2D eigenvalue weighted by Gasteiger charge is -2.03. The molecular weight excluding hydrogens is 344 g/mol. The van der Waals surface area contributed by atoms with Crippen LogP contribution < -0.4 is 9.57 Å². The topological polar surface area (TPSA) is 79.9 Å². The molecule has 0 amide bonds. The van der Waals surface area contributed by atoms with Gasteiger partial charge < -0.3 is 9.57 Å². The summed E-state index contributed by atoms with van der Waals surface area (Å²) >= 11 is 6.00. The number of benzene rings is 2. The lowest BCUT2D eigenvalue weighted by Crippen LogP contribution is -2.13. The minimum atomic E-state index is 0.189. The average Bonchev–Trinajstić information content (AvgIpc) is 3.26. The van der Waals surface area contributed by atoms with Crippen molar-refractivity contribution in [2.24, 2.45) is 0 Å². The highest BCUT2D eigenvalue weighted by molar-refractivity contribution is 6.31. The molecule has 25 heavy (non-hydrogen) atoms. The van der Waals surface area contributed by atoms with Crippen LogP contribution in [0.25, 0.3) is 16.7 Å². The van der Waals surface area contributed by atoms with Gasteiger partial charge in [-0.1, -0.05) is 27.7 Å². The number of methoxy groups -OCH3 is 1. The molecule has 0 aliphatic heterocycles. The second-order valence-electron chi connectivity index (χ2n) is 5.22. The van der Waals surface area contributed by atoms with Crippen LogP contribution in [0.15, 0.2) is 48.7 Å². The Morgan fingerprint density at radius 1 is 1.08 bits per heavy atom. The van der Waals surface area contributed by atoms with Crippen molar-refractivity contribution in [3.05, 3.63) is 59.4 Å². The molecule has 0 saturated heterocycles. The van der Waals surface area contributed by atoms with E-state index in [0.29, 0.717) is 21.7 Å². The van der Waals surface area contributed by atoms with E-state index in [1.807, 2.05) is 24.3 Å². The minimum absolute atomic E-state index is 0.189. The first-order chi connectivity index (χ1) is 12.2. The molecule has 9 heteroatoms. The van der Waals surface area contributed by atoms with Crippen LogP contribution in [-0.2, 0) is 6.61 Å². The van der Waals surface area contributed by atoms with Crippen LogP contribution in [-0.4, -0.2) is 37.3 Å². The summed E-state index contributed by atoms with van der Waals surface area (Å²) < 4.78 is 6.86. The van der Waals surface area contributed by atoms with Crippen LogP contribution >= 0.6 is 11.6 Å². The molecule has 0 aliphatic rings. The van der Waals surface area contributed by atoms with Gasteiger partial charge in [-0.2, -0.15) is 0 Å². The van der Waals surface area contributed by atoms with Crippen molar-refractivity contribution in [2.45, 2.75) is 6.61 Å². The molecule has 2 heterocycles. The Labute approximate surface area is 147 Å². The van der Waals surface area contributed by atoms with E-state index in [1.165, 1.54) is 4.85 Å². The van der Waals surface area contributed by atoms with Crippen LogP contribution in [0.1, 0.15) is 5.69 Å². The number of nitrogens with zero attached hydrogens (tertiary/aromatic N) is 6. The Kier molecular flexibility index (Phi) is 3.95. The summed E-state index contributed by atoms with van der Waals surface area (Å²) in [5.74, 6) is 0.747. The zero-order chi connectivity index (χ0) is 17.2. The maximum atomic E-state index is 6.00. The van der Waals surface area contributed by atoms with E-state index < -0.39 is 0 Å². The number of halogens is 1. The molecule has 0 unspecified atom stereocenters. The van der Waals surface area contributed by atoms with Crippen molar-refractivity contribution in [1.82, 2.24) is 30.2 Å². The van der Waals surface area contributed by atoms with Crippen LogP contribution in [0, 0.1) is 0 Å². The maximum Gasteiger partial charge on any atom is 0.162 e. The molecule has 0 radical (unpaired) electrons. The summed E-state index contributed by atoms with van der Waals surface area (Å²) in [5, 5.41) is 16.8. The fourth-order valence-corrected chi connectivity index (χ4v) is 2.50. The molecule has 8 nitrogen and oxygen atoms in total. The Hall–Kier alpha value is -3.13. The number of hydrogen-bond donors (Lipinski definition) is 0. The first kappa shape index (κ1) is 15.4. The molecule has 0 fully saturated rings. The predicted molar refractivity (Wildman–Crippen MR) is 90.7 cm³/mol. The van der Waals surface area contributed by atoms with Gasteiger partial charge in [0.05, 0.1) is 19.0 Å². The van der Waals surface area contributed by atoms with Crippen molar-refractivity contribution >= 4 is 22.6 Å². The van der Waals surface area contributed by atoms with Gasteiger partial charge in [-0.15, -0.1) is 10.2 Å². The molecule has 0 aliphatic carbocycles. The van der Waals surface area contributed by atoms with Gasteiger partial charge in [-0.3, -0.25) is 0 Å². The standard InChI is InChI=1S/C16H13ClN6O2/c1-24-14-4-2-3-13(8-14)22-9-12(18-20-22)10-25-23-16-7-11(17)5-6-15(16)19-21-23/h2-9H,10H2,1H3. The van der Waals surface area contributed by atoms with Crippen LogP contribution in [0.4, 0.5) is 0 Å². The number of hydrogen-bond acceptors (Lipinski definition) is 6. The van der Waals surface area contributed by atoms with Crippen LogP contribution in [0.3, 0.4) is 0 Å². The molecule has 2 aromatic heterocycles. The molecule has 0 saturated carbocycles. The number of ether oxygens (including phenoxy) is 1. The van der Waals surface area contributed by atoms with Gasteiger partial charge in [0.25, 0.3) is 0 Å². The number of fused-ring (bicyclic) bond motifs is 1. The molecule has 0 N–H and O–H groups in total. The third-order valence-electron chi connectivity index (χ3n) is 3.57. The molecule has 0 bridgehead atoms. The van der Waals surface area contributed by atoms with Crippen molar-refractivity contribution < 1.29 is 9.57 Å². The second kappa shape index (κ2) is 6.40. The Balaban J connectivity index is 1.52. The third-order valence-corrected chi connectivity index (χ3v) is 3.81. The molecule has 126 valence electrons. The summed E-state index contributed by atoms with van der Waals surface area (Å²) in [7, 11) is 1.62. The Morgan fingerprint density at radius 2 is 2.00 bits per heavy atom. The van der Waals surface area contributed by atoms with Crippen molar-refractivity contribution in [2.75, 3.05) is 7.11 Å². The zero-order valence-corrected chi connectivity index (χ0v) is 14.0. The lowest BCUT2D eigenvalue weighted by atomic mass is 10.3. The van der Waals surface area contributed by atoms with Gasteiger partial charge in [-0.25, -0.2) is 4.68 Å². The third kappa shape index (κ3) is 3.11. The average molecular weight is 357 g/mol. The summed E-state index contributed by atoms with van der Waals surface area (Å²) in [6, 6.07) is 12.8. The van der Waals surface area contributed by atoms with E-state index in [1.54, 1.807) is 36.2 Å². The van der Waals surface area contributed by atoms with Gasteiger partial charge in [0.15, 0.2) is 6.61 Å². The van der Waals surface area contributed by atoms with Gasteiger partial charge in [0, 0.05) is 11.1 Å². The minimum Gasteiger partial charge on any atom is -0.497 e. The van der Waals surface area contributed by atoms with Gasteiger partial charge in [-0.05, 0) is 35.5 Å². The van der Waals surface area contributed by atoms with Gasteiger partial charge in [0.2, 0.25) is 0 Å². The lowest BCUT2D eigenvalue weighted by molar-refractivity contribution is 0.0731. The summed E-state index contributed by atoms with van der Waals surface area (Å²) in [6.45, 7) is 0.189. The summed E-state index contributed by atoms with van der Waals surface area (Å²) in [5.41, 5.74) is 2.88. The zero-order valence-electron chi connectivity index (χ0n) is 13.2. The largest absolute Gasteiger partial charge is 0.497 e. The van der Waals surface area contributed by atoms with Crippen molar-refractivity contribution in [3.8, 4) is 11.4 Å². The van der Waals surface area contributed by atoms with E-state index in [9.17, 15) is 0 Å². The maximum absolute atomic E-state index is 6.00. The van der Waals surface area contributed by atoms with Crippen LogP contribution in [0.2, 0.25) is 5.02 Å². The van der Waals surface area contributed by atoms with Crippen molar-refractivity contribution in [3.63, 3.8) is 0 Å². The monoisotopic (exact) mass is 356 g/mol. The first-order valence-electron chi connectivity index (χ1n) is 7.43. The van der Waals surface area contributed by atoms with E-state index in [0.717, 1.165) is 11.4 Å². The second-order valence-corrected chi connectivity index (χ2v) is 5.66. The highest BCUT2D eigenvalue weighted by atomic mass is 35.5. The SMILES string of the molecule is COc1cccc(-n2cc(COn3nnc4ccc(Cl)cc43)nn2)c1. The first-order valence-corrected chi connectivity index (χ1v) is 7.80. The van der Waals surface area contributed by atoms with E-state index >= 15 is 0 Å². The number of aromatic nitrogens is 6. The highest BCUT2D eigenvalue weighted by Gasteiger charge is 2.09. The van der Waals surface area contributed by atoms with Gasteiger partial charge in [0.1, 0.15) is 22.5 Å². The highest BCUT2D eigenvalue weighted by Crippen LogP contribution is 2.17. The predicted octanol–water partition coefficient (Wildman–Crippen LogP) is 2.30. The molecule has 4 rings (SSSR count). The molecule has 0 spiro atoms. The van der Waals surface area contributed by atoms with Crippen LogP contribution in [0.5, 0.6) is 5.75 Å². The normalized spacial score (nSPS) is 11.0. The molecule has 2 aromatic carbocycles. The molecule has 0 atom stereocenters. The van der Waals surface area contributed by atoms with E-state index in [-0.39, 0.29) is 6.61 Å². The fourth-order valence-electron chi connectivity index (χ4n) is 2.34. The van der Waals surface area contributed by atoms with Gasteiger partial charge >= 0.3 is 0 Å². The van der Waals surface area contributed by atoms with Crippen molar-refractivity contribution in [1.29, 1.82) is 0 Å². The fraction of sp³-hybridized carbons (Fsp3) is 0.125. The summed E-state index contributed by atoms with van der Waals surface area (Å²) in [4.78, 5) is 6.96. The summed E-state index contributed by atoms with van der Waals surface area (Å²) in [6.07, 6.45) is 1.78. The molecule has 4 aromatic rings.